The van der Waals surface area contributed by atoms with Gasteiger partial charge in [-0.05, 0) is 36.2 Å². The van der Waals surface area contributed by atoms with Gasteiger partial charge in [-0.3, -0.25) is 4.79 Å². The SMILES string of the molecule is COc1ccc(S(=O)(=O)NCCc2ccccc2F)cc1NC(C)=O. The molecule has 6 nitrogen and oxygen atoms in total. The summed E-state index contributed by atoms with van der Waals surface area (Å²) in [6.07, 6.45) is 0.223. The van der Waals surface area contributed by atoms with E-state index in [0.29, 0.717) is 11.3 Å². The molecule has 0 aliphatic heterocycles. The summed E-state index contributed by atoms with van der Waals surface area (Å²) in [4.78, 5) is 11.2. The number of halogens is 1. The van der Waals surface area contributed by atoms with E-state index >= 15 is 0 Å². The Labute approximate surface area is 146 Å². The van der Waals surface area contributed by atoms with Crippen LogP contribution in [0.2, 0.25) is 0 Å². The van der Waals surface area contributed by atoms with Crippen LogP contribution in [0.25, 0.3) is 0 Å². The fourth-order valence-corrected chi connectivity index (χ4v) is 3.30. The quantitative estimate of drug-likeness (QED) is 0.788. The zero-order valence-corrected chi connectivity index (χ0v) is 14.7. The van der Waals surface area contributed by atoms with Gasteiger partial charge in [0.05, 0.1) is 17.7 Å². The Morgan fingerprint density at radius 3 is 2.56 bits per heavy atom. The van der Waals surface area contributed by atoms with E-state index in [1.807, 2.05) is 0 Å². The minimum absolute atomic E-state index is 0.0226. The summed E-state index contributed by atoms with van der Waals surface area (Å²) in [7, 11) is -2.39. The highest BCUT2D eigenvalue weighted by Crippen LogP contribution is 2.27. The third-order valence-corrected chi connectivity index (χ3v) is 4.89. The first-order valence-electron chi connectivity index (χ1n) is 7.52. The van der Waals surface area contributed by atoms with Crippen molar-refractivity contribution in [2.75, 3.05) is 19.0 Å². The van der Waals surface area contributed by atoms with Gasteiger partial charge in [0, 0.05) is 13.5 Å². The predicted octanol–water partition coefficient (Wildman–Crippen LogP) is 2.31. The maximum atomic E-state index is 13.6. The molecule has 0 radical (unpaired) electrons. The lowest BCUT2D eigenvalue weighted by Gasteiger charge is -2.12. The van der Waals surface area contributed by atoms with E-state index in [1.54, 1.807) is 18.2 Å². The molecule has 0 atom stereocenters. The van der Waals surface area contributed by atoms with Crippen LogP contribution in [-0.4, -0.2) is 28.0 Å². The van der Waals surface area contributed by atoms with Crippen LogP contribution >= 0.6 is 0 Å². The highest BCUT2D eigenvalue weighted by Gasteiger charge is 2.17. The first kappa shape index (κ1) is 18.9. The average molecular weight is 366 g/mol. The lowest BCUT2D eigenvalue weighted by Crippen LogP contribution is -2.26. The first-order chi connectivity index (χ1) is 11.8. The highest BCUT2D eigenvalue weighted by atomic mass is 32.2. The molecule has 25 heavy (non-hydrogen) atoms. The summed E-state index contributed by atoms with van der Waals surface area (Å²) in [5, 5.41) is 2.52. The van der Waals surface area contributed by atoms with Crippen molar-refractivity contribution in [2.24, 2.45) is 0 Å². The molecule has 1 amide bonds. The normalized spacial score (nSPS) is 11.2. The number of rotatable bonds is 7. The number of ether oxygens (including phenoxy) is 1. The maximum Gasteiger partial charge on any atom is 0.240 e. The lowest BCUT2D eigenvalue weighted by atomic mass is 10.1. The number of anilines is 1. The molecule has 8 heteroatoms. The van der Waals surface area contributed by atoms with Crippen molar-refractivity contribution < 1.29 is 22.3 Å². The molecule has 2 aromatic carbocycles. The second kappa shape index (κ2) is 8.09. The molecular weight excluding hydrogens is 347 g/mol. The number of hydrogen-bond donors (Lipinski definition) is 2. The molecule has 2 rings (SSSR count). The van der Waals surface area contributed by atoms with Crippen molar-refractivity contribution in [1.82, 2.24) is 4.72 Å². The van der Waals surface area contributed by atoms with Gasteiger partial charge in [-0.1, -0.05) is 18.2 Å². The molecule has 0 fully saturated rings. The number of hydrogen-bond acceptors (Lipinski definition) is 4. The van der Waals surface area contributed by atoms with E-state index in [4.69, 9.17) is 4.74 Å². The number of amides is 1. The van der Waals surface area contributed by atoms with Crippen molar-refractivity contribution >= 4 is 21.6 Å². The Morgan fingerprint density at radius 1 is 1.20 bits per heavy atom. The molecule has 134 valence electrons. The highest BCUT2D eigenvalue weighted by molar-refractivity contribution is 7.89. The van der Waals surface area contributed by atoms with Gasteiger partial charge in [-0.2, -0.15) is 0 Å². The van der Waals surface area contributed by atoms with Gasteiger partial charge in [0.25, 0.3) is 0 Å². The third-order valence-electron chi connectivity index (χ3n) is 3.44. The van der Waals surface area contributed by atoms with Crippen LogP contribution in [0, 0.1) is 5.82 Å². The molecule has 0 spiro atoms. The van der Waals surface area contributed by atoms with Gasteiger partial charge in [0.15, 0.2) is 0 Å². The minimum Gasteiger partial charge on any atom is -0.495 e. The van der Waals surface area contributed by atoms with Crippen LogP contribution in [0.15, 0.2) is 47.4 Å². The fourth-order valence-electron chi connectivity index (χ4n) is 2.25. The average Bonchev–Trinajstić information content (AvgIpc) is 2.56. The summed E-state index contributed by atoms with van der Waals surface area (Å²) >= 11 is 0. The number of carbonyl (C=O) groups is 1. The number of nitrogens with one attached hydrogen (secondary N) is 2. The van der Waals surface area contributed by atoms with E-state index in [9.17, 15) is 17.6 Å². The van der Waals surface area contributed by atoms with Gasteiger partial charge in [0.1, 0.15) is 11.6 Å². The smallest absolute Gasteiger partial charge is 0.240 e. The summed E-state index contributed by atoms with van der Waals surface area (Å²) in [5.41, 5.74) is 0.686. The van der Waals surface area contributed by atoms with E-state index < -0.39 is 10.0 Å². The monoisotopic (exact) mass is 366 g/mol. The van der Waals surface area contributed by atoms with Crippen LogP contribution in [0.5, 0.6) is 5.75 Å². The van der Waals surface area contributed by atoms with Crippen molar-refractivity contribution in [3.8, 4) is 5.75 Å². The number of benzene rings is 2. The predicted molar refractivity (Wildman–Crippen MR) is 92.6 cm³/mol. The van der Waals surface area contributed by atoms with Crippen molar-refractivity contribution in [3.63, 3.8) is 0 Å². The second-order valence-corrected chi connectivity index (χ2v) is 7.05. The molecule has 0 saturated carbocycles. The van der Waals surface area contributed by atoms with Crippen LogP contribution in [0.4, 0.5) is 10.1 Å². The number of sulfonamides is 1. The van der Waals surface area contributed by atoms with E-state index in [2.05, 4.69) is 10.0 Å². The Balaban J connectivity index is 2.13. The first-order valence-corrected chi connectivity index (χ1v) is 9.00. The molecule has 2 aromatic rings. The van der Waals surface area contributed by atoms with Crippen molar-refractivity contribution in [2.45, 2.75) is 18.2 Å². The Hall–Kier alpha value is -2.45. The molecule has 0 aromatic heterocycles. The number of methoxy groups -OCH3 is 1. The molecular formula is C17H19FN2O4S. The molecule has 2 N–H and O–H groups in total. The van der Waals surface area contributed by atoms with Crippen LogP contribution in [0.3, 0.4) is 0 Å². The van der Waals surface area contributed by atoms with Gasteiger partial charge < -0.3 is 10.1 Å². The molecule has 0 saturated heterocycles. The zero-order valence-electron chi connectivity index (χ0n) is 13.9. The van der Waals surface area contributed by atoms with Gasteiger partial charge in [-0.15, -0.1) is 0 Å². The second-order valence-electron chi connectivity index (χ2n) is 5.28. The topological polar surface area (TPSA) is 84.5 Å². The van der Waals surface area contributed by atoms with Gasteiger partial charge >= 0.3 is 0 Å². The minimum atomic E-state index is -3.81. The lowest BCUT2D eigenvalue weighted by molar-refractivity contribution is -0.114. The Morgan fingerprint density at radius 2 is 1.92 bits per heavy atom. The van der Waals surface area contributed by atoms with E-state index in [-0.39, 0.29) is 35.3 Å². The maximum absolute atomic E-state index is 13.6. The molecule has 0 aliphatic carbocycles. The largest absolute Gasteiger partial charge is 0.495 e. The van der Waals surface area contributed by atoms with Gasteiger partial charge in [-0.25, -0.2) is 17.5 Å². The standard InChI is InChI=1S/C17H19FN2O4S/c1-12(21)20-16-11-14(7-8-17(16)24-2)25(22,23)19-10-9-13-5-3-4-6-15(13)18/h3-8,11,19H,9-10H2,1-2H3,(H,20,21). The van der Waals surface area contributed by atoms with Gasteiger partial charge in [0.2, 0.25) is 15.9 Å². The number of carbonyl (C=O) groups excluding carboxylic acids is 1. The summed E-state index contributed by atoms with van der Waals surface area (Å²) in [5.74, 6) is -0.375. The molecule has 0 heterocycles. The fraction of sp³-hybridized carbons (Fsp3) is 0.235. The summed E-state index contributed by atoms with van der Waals surface area (Å²) < 4.78 is 45.8. The Bertz CT molecular complexity index is 869. The Kier molecular flexibility index (Phi) is 6.11. The summed E-state index contributed by atoms with van der Waals surface area (Å²) in [6, 6.07) is 10.3. The van der Waals surface area contributed by atoms with E-state index in [0.717, 1.165) is 0 Å². The van der Waals surface area contributed by atoms with Crippen molar-refractivity contribution in [1.29, 1.82) is 0 Å². The van der Waals surface area contributed by atoms with E-state index in [1.165, 1.54) is 38.3 Å². The van der Waals surface area contributed by atoms with Crippen LogP contribution in [-0.2, 0) is 21.2 Å². The van der Waals surface area contributed by atoms with Crippen molar-refractivity contribution in [3.05, 3.63) is 53.8 Å². The molecule has 0 bridgehead atoms. The molecule has 0 unspecified atom stereocenters. The summed E-state index contributed by atoms with van der Waals surface area (Å²) in [6.45, 7) is 1.36. The van der Waals surface area contributed by atoms with Crippen LogP contribution < -0.4 is 14.8 Å². The molecule has 0 aliphatic rings. The third kappa shape index (κ3) is 5.01. The van der Waals surface area contributed by atoms with Crippen LogP contribution in [0.1, 0.15) is 12.5 Å². The zero-order chi connectivity index (χ0) is 18.4.